The zero-order valence-corrected chi connectivity index (χ0v) is 33.5. The lowest BCUT2D eigenvalue weighted by Crippen LogP contribution is -2.64. The van der Waals surface area contributed by atoms with Crippen LogP contribution in [0.1, 0.15) is 113 Å². The van der Waals surface area contributed by atoms with Crippen LogP contribution in [-0.2, 0) is 18.9 Å². The number of hydrogen-bond acceptors (Lipinski definition) is 12. The Bertz CT molecular complexity index is 1390. The lowest BCUT2D eigenvalue weighted by atomic mass is 9.41. The third-order valence-electron chi connectivity index (χ3n) is 17.5. The van der Waals surface area contributed by atoms with Crippen LogP contribution in [0.25, 0.3) is 0 Å². The highest BCUT2D eigenvalue weighted by Crippen LogP contribution is 2.89. The molecule has 2 heterocycles. The summed E-state index contributed by atoms with van der Waals surface area (Å²) in [6.07, 6.45) is -1.17. The van der Waals surface area contributed by atoms with Gasteiger partial charge in [0.15, 0.2) is 12.6 Å². The van der Waals surface area contributed by atoms with Crippen molar-refractivity contribution < 1.29 is 59.8 Å². The third-order valence-corrected chi connectivity index (χ3v) is 17.5. The summed E-state index contributed by atoms with van der Waals surface area (Å²) in [7, 11) is 0. The molecule has 12 nitrogen and oxygen atoms in total. The molecular weight excluding hydrogens is 696 g/mol. The molecular formula is C42H70O12. The first-order valence-electron chi connectivity index (χ1n) is 20.9. The second-order valence-electron chi connectivity index (χ2n) is 20.0. The van der Waals surface area contributed by atoms with Crippen LogP contribution in [0.5, 0.6) is 0 Å². The second-order valence-corrected chi connectivity index (χ2v) is 20.0. The summed E-state index contributed by atoms with van der Waals surface area (Å²) in [4.78, 5) is 0. The van der Waals surface area contributed by atoms with E-state index in [0.717, 1.165) is 31.3 Å². The summed E-state index contributed by atoms with van der Waals surface area (Å²) in [5.74, 6) is 1.77. The molecule has 20 atom stereocenters. The smallest absolute Gasteiger partial charge is 0.187 e. The Kier molecular flexibility index (Phi) is 11.1. The highest BCUT2D eigenvalue weighted by Gasteiger charge is 2.82. The van der Waals surface area contributed by atoms with Crippen LogP contribution in [0, 0.1) is 50.7 Å². The number of hydrogen-bond donors (Lipinski definition) is 8. The van der Waals surface area contributed by atoms with Crippen LogP contribution in [-0.4, -0.2) is 128 Å². The zero-order chi connectivity index (χ0) is 39.3. The lowest BCUT2D eigenvalue weighted by Gasteiger charge is -2.63. The van der Waals surface area contributed by atoms with Gasteiger partial charge >= 0.3 is 0 Å². The van der Waals surface area contributed by atoms with Gasteiger partial charge in [-0.05, 0) is 129 Å². The van der Waals surface area contributed by atoms with Crippen molar-refractivity contribution in [3.05, 3.63) is 11.6 Å². The Morgan fingerprint density at radius 2 is 1.41 bits per heavy atom. The first-order chi connectivity index (χ1) is 25.3. The molecule has 2 aliphatic heterocycles. The maximum absolute atomic E-state index is 11.3. The van der Waals surface area contributed by atoms with Gasteiger partial charge in [-0.2, -0.15) is 0 Å². The lowest BCUT2D eigenvalue weighted by molar-refractivity contribution is -0.363. The van der Waals surface area contributed by atoms with E-state index in [0.29, 0.717) is 29.6 Å². The van der Waals surface area contributed by atoms with Crippen molar-refractivity contribution in [2.24, 2.45) is 50.7 Å². The van der Waals surface area contributed by atoms with Gasteiger partial charge < -0.3 is 59.8 Å². The molecule has 5 aliphatic carbocycles. The molecule has 5 saturated carbocycles. The van der Waals surface area contributed by atoms with Gasteiger partial charge in [-0.3, -0.25) is 0 Å². The molecule has 0 aromatic heterocycles. The van der Waals surface area contributed by atoms with E-state index in [-0.39, 0.29) is 40.3 Å². The Balaban J connectivity index is 1.01. The Labute approximate surface area is 321 Å². The number of aliphatic hydroxyl groups excluding tert-OH is 8. The van der Waals surface area contributed by atoms with Crippen molar-refractivity contribution in [2.75, 3.05) is 13.2 Å². The average Bonchev–Trinajstić information content (AvgIpc) is 3.73. The van der Waals surface area contributed by atoms with E-state index in [1.165, 1.54) is 32.1 Å². The van der Waals surface area contributed by atoms with Gasteiger partial charge in [0.1, 0.15) is 42.7 Å². The van der Waals surface area contributed by atoms with E-state index in [9.17, 15) is 40.9 Å². The molecule has 7 fully saturated rings. The number of ether oxygens (including phenoxy) is 4. The Morgan fingerprint density at radius 1 is 0.759 bits per heavy atom. The standard InChI is InChI=1S/C42H70O12/c1-21(18-43)8-9-25(45)22(2)24-12-14-40(7)28-11-10-27-38(4,5)29(13-15-41(27)20-42(28,41)17-16-39(24,40)6)53-36-34(50)32(48)35(23(3)51-36)54-37-33(49)31(47)30(46)26(19-44)52-37/h8,22-37,43-50H,9-20H2,1-7H3. The van der Waals surface area contributed by atoms with Crippen molar-refractivity contribution in [3.63, 3.8) is 0 Å². The normalized spacial score (nSPS) is 53.8. The summed E-state index contributed by atoms with van der Waals surface area (Å²) in [6, 6.07) is 0. The van der Waals surface area contributed by atoms with Gasteiger partial charge in [-0.25, -0.2) is 0 Å². The minimum Gasteiger partial charge on any atom is -0.394 e. The first kappa shape index (κ1) is 41.4. The van der Waals surface area contributed by atoms with Crippen molar-refractivity contribution in [2.45, 2.75) is 186 Å². The zero-order valence-electron chi connectivity index (χ0n) is 33.5. The molecule has 0 aromatic carbocycles. The molecule has 0 amide bonds. The van der Waals surface area contributed by atoms with Crippen LogP contribution < -0.4 is 0 Å². The second kappa shape index (κ2) is 14.5. The molecule has 0 radical (unpaired) electrons. The molecule has 8 N–H and O–H groups in total. The van der Waals surface area contributed by atoms with Gasteiger partial charge in [-0.15, -0.1) is 0 Å². The van der Waals surface area contributed by atoms with Gasteiger partial charge in [0, 0.05) is 0 Å². The summed E-state index contributed by atoms with van der Waals surface area (Å²) in [5, 5.41) is 83.8. The summed E-state index contributed by atoms with van der Waals surface area (Å²) < 4.78 is 24.2. The fourth-order valence-electron chi connectivity index (χ4n) is 14.1. The fourth-order valence-corrected chi connectivity index (χ4v) is 14.1. The van der Waals surface area contributed by atoms with Gasteiger partial charge in [0.2, 0.25) is 0 Å². The predicted molar refractivity (Wildman–Crippen MR) is 197 cm³/mol. The quantitative estimate of drug-likeness (QED) is 0.120. The van der Waals surface area contributed by atoms with Crippen molar-refractivity contribution in [1.29, 1.82) is 0 Å². The fraction of sp³-hybridized carbons (Fsp3) is 0.952. The maximum Gasteiger partial charge on any atom is 0.187 e. The largest absolute Gasteiger partial charge is 0.394 e. The first-order valence-corrected chi connectivity index (χ1v) is 20.9. The van der Waals surface area contributed by atoms with Crippen LogP contribution in [0.4, 0.5) is 0 Å². The molecule has 310 valence electrons. The van der Waals surface area contributed by atoms with Gasteiger partial charge in [0.25, 0.3) is 0 Å². The average molecular weight is 767 g/mol. The number of rotatable bonds is 10. The molecule has 54 heavy (non-hydrogen) atoms. The molecule has 0 aromatic rings. The van der Waals surface area contributed by atoms with E-state index in [1.807, 2.05) is 13.0 Å². The van der Waals surface area contributed by atoms with E-state index in [4.69, 9.17) is 18.9 Å². The number of aliphatic hydroxyl groups is 8. The molecule has 2 saturated heterocycles. The van der Waals surface area contributed by atoms with E-state index < -0.39 is 74.1 Å². The molecule has 0 bridgehead atoms. The van der Waals surface area contributed by atoms with E-state index in [2.05, 4.69) is 34.6 Å². The SMILES string of the molecule is CC(=CCC(O)C(C)C1CCC2(C)C3CCC4C(C)(C)C(OC5OC(C)C(OC6OC(CO)C(O)C(O)C6O)C(O)C5O)CCC45CC35CCC12C)CO. The number of fused-ring (bicyclic) bond motifs is 2. The third kappa shape index (κ3) is 6.05. The minimum atomic E-state index is -1.65. The molecule has 20 unspecified atom stereocenters. The molecule has 7 aliphatic rings. The van der Waals surface area contributed by atoms with Crippen LogP contribution >= 0.6 is 0 Å². The summed E-state index contributed by atoms with van der Waals surface area (Å²) in [6.45, 7) is 15.0. The van der Waals surface area contributed by atoms with Gasteiger partial charge in [0.05, 0.1) is 31.5 Å². The van der Waals surface area contributed by atoms with Crippen molar-refractivity contribution in [3.8, 4) is 0 Å². The molecule has 7 rings (SSSR count). The van der Waals surface area contributed by atoms with Crippen LogP contribution in [0.15, 0.2) is 11.6 Å². The summed E-state index contributed by atoms with van der Waals surface area (Å²) >= 11 is 0. The highest BCUT2D eigenvalue weighted by atomic mass is 16.7. The Morgan fingerprint density at radius 3 is 2.09 bits per heavy atom. The van der Waals surface area contributed by atoms with Gasteiger partial charge in [-0.1, -0.05) is 46.3 Å². The predicted octanol–water partition coefficient (Wildman–Crippen LogP) is 2.79. The monoisotopic (exact) mass is 766 g/mol. The van der Waals surface area contributed by atoms with Crippen molar-refractivity contribution in [1.82, 2.24) is 0 Å². The Hall–Kier alpha value is -0.740. The van der Waals surface area contributed by atoms with Crippen LogP contribution in [0.3, 0.4) is 0 Å². The van der Waals surface area contributed by atoms with Crippen LogP contribution in [0.2, 0.25) is 0 Å². The minimum absolute atomic E-state index is 0.0299. The highest BCUT2D eigenvalue weighted by molar-refractivity contribution is 5.30. The molecule has 12 heteroatoms. The van der Waals surface area contributed by atoms with E-state index >= 15 is 0 Å². The molecule has 2 spiro atoms. The maximum atomic E-state index is 11.3. The topological polar surface area (TPSA) is 199 Å². The van der Waals surface area contributed by atoms with E-state index in [1.54, 1.807) is 6.92 Å². The summed E-state index contributed by atoms with van der Waals surface area (Å²) in [5.41, 5.74) is 1.68. The van der Waals surface area contributed by atoms with Crippen molar-refractivity contribution >= 4 is 0 Å².